The van der Waals surface area contributed by atoms with Gasteiger partial charge in [-0.05, 0) is 43.4 Å². The van der Waals surface area contributed by atoms with Crippen molar-refractivity contribution in [2.75, 3.05) is 11.9 Å². The Morgan fingerprint density at radius 2 is 1.92 bits per heavy atom. The molecule has 0 bridgehead atoms. The molecule has 1 N–H and O–H groups in total. The van der Waals surface area contributed by atoms with E-state index in [1.807, 2.05) is 38.3 Å². The minimum absolute atomic E-state index is 0.0889. The van der Waals surface area contributed by atoms with Crippen molar-refractivity contribution in [2.24, 2.45) is 5.92 Å². The largest absolute Gasteiger partial charge is 0.462 e. The quantitative estimate of drug-likeness (QED) is 0.722. The van der Waals surface area contributed by atoms with Gasteiger partial charge in [0.2, 0.25) is 5.91 Å². The lowest BCUT2D eigenvalue weighted by Gasteiger charge is -2.10. The van der Waals surface area contributed by atoms with Crippen LogP contribution in [0.1, 0.15) is 48.7 Å². The molecule has 1 amide bonds. The Bertz CT molecular complexity index is 777. The molecule has 2 rings (SSSR count). The van der Waals surface area contributed by atoms with Crippen LogP contribution in [0.25, 0.3) is 11.1 Å². The number of rotatable bonds is 6. The first-order valence-electron chi connectivity index (χ1n) is 8.49. The van der Waals surface area contributed by atoms with E-state index in [9.17, 15) is 9.59 Å². The Hall–Kier alpha value is -2.14. The highest BCUT2D eigenvalue weighted by molar-refractivity contribution is 7.15. The lowest BCUT2D eigenvalue weighted by atomic mass is 9.99. The second-order valence-electron chi connectivity index (χ2n) is 6.52. The van der Waals surface area contributed by atoms with Gasteiger partial charge in [0.05, 0.1) is 6.61 Å². The third-order valence-electron chi connectivity index (χ3n) is 3.94. The number of anilines is 1. The van der Waals surface area contributed by atoms with Crippen molar-refractivity contribution in [1.82, 2.24) is 0 Å². The summed E-state index contributed by atoms with van der Waals surface area (Å²) in [5.41, 5.74) is 4.54. The predicted molar refractivity (Wildman–Crippen MR) is 103 cm³/mol. The Morgan fingerprint density at radius 1 is 1.20 bits per heavy atom. The molecule has 5 heteroatoms. The first-order valence-corrected chi connectivity index (χ1v) is 9.37. The second-order valence-corrected chi connectivity index (χ2v) is 7.40. The first kappa shape index (κ1) is 19.2. The van der Waals surface area contributed by atoms with Crippen molar-refractivity contribution in [2.45, 2.75) is 41.0 Å². The van der Waals surface area contributed by atoms with Crippen LogP contribution in [0.15, 0.2) is 23.6 Å². The molecule has 0 spiro atoms. The Morgan fingerprint density at radius 3 is 2.52 bits per heavy atom. The summed E-state index contributed by atoms with van der Waals surface area (Å²) in [6.07, 6.45) is 0.416. The average molecular weight is 359 g/mol. The number of hydrogen-bond acceptors (Lipinski definition) is 4. The maximum absolute atomic E-state index is 12.5. The summed E-state index contributed by atoms with van der Waals surface area (Å²) in [7, 11) is 0. The van der Waals surface area contributed by atoms with E-state index in [2.05, 4.69) is 18.3 Å². The highest BCUT2D eigenvalue weighted by atomic mass is 32.1. The Balaban J connectivity index is 2.44. The fraction of sp³-hybridized carbons (Fsp3) is 0.400. The molecule has 0 aliphatic rings. The summed E-state index contributed by atoms with van der Waals surface area (Å²) in [6.45, 7) is 10.1. The summed E-state index contributed by atoms with van der Waals surface area (Å²) < 4.78 is 5.22. The fourth-order valence-corrected chi connectivity index (χ4v) is 3.50. The van der Waals surface area contributed by atoms with E-state index in [1.165, 1.54) is 16.9 Å². The summed E-state index contributed by atoms with van der Waals surface area (Å²) >= 11 is 1.36. The summed E-state index contributed by atoms with van der Waals surface area (Å²) in [6, 6.07) is 6.08. The molecule has 1 heterocycles. The first-order chi connectivity index (χ1) is 11.8. The van der Waals surface area contributed by atoms with Crippen LogP contribution in [0, 0.1) is 19.8 Å². The lowest BCUT2D eigenvalue weighted by molar-refractivity contribution is -0.116. The molecule has 25 heavy (non-hydrogen) atoms. The molecule has 134 valence electrons. The van der Waals surface area contributed by atoms with Crippen LogP contribution < -0.4 is 5.32 Å². The average Bonchev–Trinajstić information content (AvgIpc) is 2.93. The normalized spacial score (nSPS) is 10.8. The van der Waals surface area contributed by atoms with Crippen molar-refractivity contribution < 1.29 is 14.3 Å². The number of ether oxygens (including phenoxy) is 1. The Labute approximate surface area is 153 Å². The monoisotopic (exact) mass is 359 g/mol. The van der Waals surface area contributed by atoms with Gasteiger partial charge in [-0.2, -0.15) is 0 Å². The van der Waals surface area contributed by atoms with Gasteiger partial charge in [0, 0.05) is 17.4 Å². The SMILES string of the molecule is CCOC(=O)c1c(-c2ccc(C)c(C)c2)csc1NC(=O)CC(C)C. The molecule has 0 unspecified atom stereocenters. The highest BCUT2D eigenvalue weighted by Gasteiger charge is 2.23. The van der Waals surface area contributed by atoms with Crippen LogP contribution in [0.5, 0.6) is 0 Å². The molecule has 1 aromatic heterocycles. The van der Waals surface area contributed by atoms with Crippen LogP contribution in [-0.4, -0.2) is 18.5 Å². The lowest BCUT2D eigenvalue weighted by Crippen LogP contribution is -2.16. The van der Waals surface area contributed by atoms with Crippen LogP contribution in [0.4, 0.5) is 5.00 Å². The van der Waals surface area contributed by atoms with Crippen LogP contribution in [-0.2, 0) is 9.53 Å². The molecule has 0 saturated heterocycles. The molecule has 0 atom stereocenters. The molecular formula is C20H25NO3S. The summed E-state index contributed by atoms with van der Waals surface area (Å²) in [5, 5.41) is 5.33. The van der Waals surface area contributed by atoms with Crippen LogP contribution in [0.2, 0.25) is 0 Å². The van der Waals surface area contributed by atoms with Crippen LogP contribution in [0.3, 0.4) is 0 Å². The topological polar surface area (TPSA) is 55.4 Å². The fourth-order valence-electron chi connectivity index (χ4n) is 2.53. The Kier molecular flexibility index (Phi) is 6.37. The van der Waals surface area contributed by atoms with Gasteiger partial charge in [0.25, 0.3) is 0 Å². The van der Waals surface area contributed by atoms with Gasteiger partial charge in [-0.1, -0.05) is 32.0 Å². The molecule has 0 fully saturated rings. The molecule has 0 aliphatic carbocycles. The maximum atomic E-state index is 12.5. The van der Waals surface area contributed by atoms with Crippen molar-refractivity contribution >= 4 is 28.2 Å². The number of carbonyl (C=O) groups excluding carboxylic acids is 2. The van der Waals surface area contributed by atoms with Crippen molar-refractivity contribution in [3.63, 3.8) is 0 Å². The number of thiophene rings is 1. The summed E-state index contributed by atoms with van der Waals surface area (Å²) in [4.78, 5) is 24.7. The van der Waals surface area contributed by atoms with Gasteiger partial charge >= 0.3 is 5.97 Å². The third-order valence-corrected chi connectivity index (χ3v) is 4.83. The predicted octanol–water partition coefficient (Wildman–Crippen LogP) is 5.19. The smallest absolute Gasteiger partial charge is 0.341 e. The maximum Gasteiger partial charge on any atom is 0.341 e. The van der Waals surface area contributed by atoms with Crippen molar-refractivity contribution in [3.8, 4) is 11.1 Å². The molecule has 4 nitrogen and oxygen atoms in total. The van der Waals surface area contributed by atoms with Crippen molar-refractivity contribution in [1.29, 1.82) is 0 Å². The van der Waals surface area contributed by atoms with Crippen LogP contribution >= 0.6 is 11.3 Å². The van der Waals surface area contributed by atoms with Gasteiger partial charge in [-0.15, -0.1) is 11.3 Å². The minimum atomic E-state index is -0.406. The number of hydrogen-bond donors (Lipinski definition) is 1. The van der Waals surface area contributed by atoms with Gasteiger partial charge < -0.3 is 10.1 Å². The number of benzene rings is 1. The molecule has 0 saturated carbocycles. The zero-order valence-electron chi connectivity index (χ0n) is 15.4. The van der Waals surface area contributed by atoms with Gasteiger partial charge in [-0.25, -0.2) is 4.79 Å². The molecule has 0 radical (unpaired) electrons. The zero-order valence-corrected chi connectivity index (χ0v) is 16.3. The summed E-state index contributed by atoms with van der Waals surface area (Å²) in [5.74, 6) is -0.240. The van der Waals surface area contributed by atoms with E-state index < -0.39 is 5.97 Å². The van der Waals surface area contributed by atoms with E-state index in [1.54, 1.807) is 6.92 Å². The molecular weight excluding hydrogens is 334 g/mol. The second kappa shape index (κ2) is 8.30. The minimum Gasteiger partial charge on any atom is -0.462 e. The number of carbonyl (C=O) groups is 2. The molecule has 2 aromatic rings. The van der Waals surface area contributed by atoms with E-state index in [4.69, 9.17) is 4.74 Å². The zero-order chi connectivity index (χ0) is 18.6. The van der Waals surface area contributed by atoms with Gasteiger partial charge in [0.1, 0.15) is 10.6 Å². The van der Waals surface area contributed by atoms with E-state index >= 15 is 0 Å². The highest BCUT2D eigenvalue weighted by Crippen LogP contribution is 2.37. The standard InChI is InChI=1S/C20H25NO3S/c1-6-24-20(23)18-16(15-8-7-13(4)14(5)10-15)11-25-19(18)21-17(22)9-12(2)3/h7-8,10-12H,6,9H2,1-5H3,(H,21,22). The van der Waals surface area contributed by atoms with E-state index in [0.29, 0.717) is 23.6 Å². The van der Waals surface area contributed by atoms with E-state index in [0.717, 1.165) is 16.7 Å². The number of esters is 1. The molecule has 0 aliphatic heterocycles. The van der Waals surface area contributed by atoms with Gasteiger partial charge in [-0.3, -0.25) is 4.79 Å². The number of amides is 1. The number of aryl methyl sites for hydroxylation is 2. The molecule has 1 aromatic carbocycles. The third kappa shape index (κ3) is 4.69. The van der Waals surface area contributed by atoms with Gasteiger partial charge in [0.15, 0.2) is 0 Å². The number of nitrogens with one attached hydrogen (secondary N) is 1. The van der Waals surface area contributed by atoms with E-state index in [-0.39, 0.29) is 11.8 Å². The van der Waals surface area contributed by atoms with Crippen molar-refractivity contribution in [3.05, 3.63) is 40.3 Å².